The first-order valence-electron chi connectivity index (χ1n) is 7.92. The standard InChI is InChI=1S/C17H28N2O2/c1-20-11-9-18-12-17-8-5-10-19(13-17)15-21-14-16-6-3-2-4-7-16/h2-4,6-7,17-18H,5,8-15H2,1H3. The Morgan fingerprint density at radius 3 is 2.95 bits per heavy atom. The molecular weight excluding hydrogens is 264 g/mol. The van der Waals surface area contributed by atoms with E-state index in [1.807, 2.05) is 6.07 Å². The Bertz CT molecular complexity index is 372. The van der Waals surface area contributed by atoms with Crippen LogP contribution < -0.4 is 5.32 Å². The van der Waals surface area contributed by atoms with Crippen LogP contribution in [0.15, 0.2) is 30.3 Å². The van der Waals surface area contributed by atoms with Crippen LogP contribution in [0.5, 0.6) is 0 Å². The van der Waals surface area contributed by atoms with Crippen LogP contribution in [-0.2, 0) is 16.1 Å². The van der Waals surface area contributed by atoms with Gasteiger partial charge in [0.05, 0.1) is 19.9 Å². The number of likely N-dealkylation sites (tertiary alicyclic amines) is 1. The normalized spacial score (nSPS) is 19.8. The van der Waals surface area contributed by atoms with Crippen molar-refractivity contribution in [2.75, 3.05) is 46.6 Å². The van der Waals surface area contributed by atoms with Gasteiger partial charge < -0.3 is 14.8 Å². The van der Waals surface area contributed by atoms with Gasteiger partial charge in [0, 0.05) is 26.7 Å². The smallest absolute Gasteiger partial charge is 0.0994 e. The van der Waals surface area contributed by atoms with Gasteiger partial charge in [-0.2, -0.15) is 0 Å². The lowest BCUT2D eigenvalue weighted by atomic mass is 9.98. The lowest BCUT2D eigenvalue weighted by molar-refractivity contribution is -0.00184. The summed E-state index contributed by atoms with van der Waals surface area (Å²) < 4.78 is 10.9. The molecule has 1 fully saturated rings. The zero-order chi connectivity index (χ0) is 14.8. The van der Waals surface area contributed by atoms with Crippen LogP contribution in [0.1, 0.15) is 18.4 Å². The highest BCUT2D eigenvalue weighted by atomic mass is 16.5. The van der Waals surface area contributed by atoms with Gasteiger partial charge in [-0.05, 0) is 30.9 Å². The zero-order valence-electron chi connectivity index (χ0n) is 13.1. The van der Waals surface area contributed by atoms with Crippen LogP contribution in [-0.4, -0.2) is 51.5 Å². The highest BCUT2D eigenvalue weighted by Gasteiger charge is 2.19. The van der Waals surface area contributed by atoms with E-state index in [2.05, 4.69) is 34.5 Å². The quantitative estimate of drug-likeness (QED) is 0.707. The summed E-state index contributed by atoms with van der Waals surface area (Å²) in [6.45, 7) is 6.54. The summed E-state index contributed by atoms with van der Waals surface area (Å²) in [6, 6.07) is 10.4. The first-order valence-corrected chi connectivity index (χ1v) is 7.92. The number of nitrogens with zero attached hydrogens (tertiary/aromatic N) is 1. The lowest BCUT2D eigenvalue weighted by Crippen LogP contribution is -2.41. The van der Waals surface area contributed by atoms with Gasteiger partial charge in [-0.1, -0.05) is 30.3 Å². The first kappa shape index (κ1) is 16.4. The van der Waals surface area contributed by atoms with Crippen LogP contribution in [0.3, 0.4) is 0 Å². The fourth-order valence-electron chi connectivity index (χ4n) is 2.78. The molecule has 1 aliphatic rings. The van der Waals surface area contributed by atoms with Gasteiger partial charge in [-0.25, -0.2) is 0 Å². The van der Waals surface area contributed by atoms with Crippen molar-refractivity contribution in [3.05, 3.63) is 35.9 Å². The fourth-order valence-corrected chi connectivity index (χ4v) is 2.78. The molecule has 0 saturated carbocycles. The average Bonchev–Trinajstić information content (AvgIpc) is 2.53. The van der Waals surface area contributed by atoms with Gasteiger partial charge in [-0.15, -0.1) is 0 Å². The second-order valence-electron chi connectivity index (χ2n) is 5.75. The summed E-state index contributed by atoms with van der Waals surface area (Å²) in [5.41, 5.74) is 1.24. The van der Waals surface area contributed by atoms with E-state index in [9.17, 15) is 0 Å². The molecule has 1 aromatic carbocycles. The predicted octanol–water partition coefficient (Wildman–Crippen LogP) is 2.11. The molecule has 4 nitrogen and oxygen atoms in total. The average molecular weight is 292 g/mol. The summed E-state index contributed by atoms with van der Waals surface area (Å²) in [5.74, 6) is 0.732. The Labute approximate surface area is 128 Å². The van der Waals surface area contributed by atoms with Gasteiger partial charge in [0.15, 0.2) is 0 Å². The zero-order valence-corrected chi connectivity index (χ0v) is 13.1. The van der Waals surface area contributed by atoms with Crippen LogP contribution in [0.2, 0.25) is 0 Å². The van der Waals surface area contributed by atoms with Crippen LogP contribution in [0.4, 0.5) is 0 Å². The Morgan fingerprint density at radius 2 is 2.14 bits per heavy atom. The minimum Gasteiger partial charge on any atom is -0.383 e. The summed E-state index contributed by atoms with van der Waals surface area (Å²) in [4.78, 5) is 2.43. The fraction of sp³-hybridized carbons (Fsp3) is 0.647. The minimum absolute atomic E-state index is 0.702. The Kier molecular flexibility index (Phi) is 7.75. The molecule has 1 heterocycles. The van der Waals surface area contributed by atoms with E-state index in [0.29, 0.717) is 6.61 Å². The van der Waals surface area contributed by atoms with E-state index >= 15 is 0 Å². The molecule has 1 N–H and O–H groups in total. The minimum atomic E-state index is 0.702. The monoisotopic (exact) mass is 292 g/mol. The molecule has 0 radical (unpaired) electrons. The number of methoxy groups -OCH3 is 1. The summed E-state index contributed by atoms with van der Waals surface area (Å²) >= 11 is 0. The van der Waals surface area contributed by atoms with Crippen molar-refractivity contribution < 1.29 is 9.47 Å². The third kappa shape index (κ3) is 6.57. The molecule has 0 spiro atoms. The molecule has 0 amide bonds. The molecule has 0 aliphatic carbocycles. The molecule has 21 heavy (non-hydrogen) atoms. The summed E-state index contributed by atoms with van der Waals surface area (Å²) in [6.07, 6.45) is 2.58. The van der Waals surface area contributed by atoms with Gasteiger partial charge in [-0.3, -0.25) is 4.90 Å². The van der Waals surface area contributed by atoms with E-state index < -0.39 is 0 Å². The SMILES string of the molecule is COCCNCC1CCCN(COCc2ccccc2)C1. The molecule has 1 aliphatic heterocycles. The molecule has 1 saturated heterocycles. The summed E-state index contributed by atoms with van der Waals surface area (Å²) in [7, 11) is 1.74. The molecular formula is C17H28N2O2. The number of hydrogen-bond acceptors (Lipinski definition) is 4. The number of ether oxygens (including phenoxy) is 2. The third-order valence-corrected chi connectivity index (χ3v) is 3.90. The van der Waals surface area contributed by atoms with E-state index in [4.69, 9.17) is 9.47 Å². The highest BCUT2D eigenvalue weighted by Crippen LogP contribution is 2.15. The molecule has 0 aromatic heterocycles. The van der Waals surface area contributed by atoms with Crippen molar-refractivity contribution in [3.63, 3.8) is 0 Å². The molecule has 1 atom stereocenters. The lowest BCUT2D eigenvalue weighted by Gasteiger charge is -2.32. The van der Waals surface area contributed by atoms with Crippen molar-refractivity contribution in [2.24, 2.45) is 5.92 Å². The van der Waals surface area contributed by atoms with Gasteiger partial charge in [0.1, 0.15) is 0 Å². The predicted molar refractivity (Wildman–Crippen MR) is 85.1 cm³/mol. The topological polar surface area (TPSA) is 33.7 Å². The van der Waals surface area contributed by atoms with Gasteiger partial charge in [0.2, 0.25) is 0 Å². The van der Waals surface area contributed by atoms with Gasteiger partial charge in [0.25, 0.3) is 0 Å². The molecule has 1 aromatic rings. The van der Waals surface area contributed by atoms with Crippen LogP contribution in [0, 0.1) is 5.92 Å². The maximum atomic E-state index is 5.84. The van der Waals surface area contributed by atoms with E-state index in [1.165, 1.54) is 18.4 Å². The molecule has 118 valence electrons. The van der Waals surface area contributed by atoms with Crippen molar-refractivity contribution in [1.82, 2.24) is 10.2 Å². The highest BCUT2D eigenvalue weighted by molar-refractivity contribution is 5.13. The number of piperidine rings is 1. The second-order valence-corrected chi connectivity index (χ2v) is 5.75. The second kappa shape index (κ2) is 9.90. The van der Waals surface area contributed by atoms with Crippen molar-refractivity contribution in [1.29, 1.82) is 0 Å². The van der Waals surface area contributed by atoms with Crippen LogP contribution >= 0.6 is 0 Å². The van der Waals surface area contributed by atoms with Crippen molar-refractivity contribution >= 4 is 0 Å². The maximum absolute atomic E-state index is 5.84. The Morgan fingerprint density at radius 1 is 1.29 bits per heavy atom. The number of hydrogen-bond donors (Lipinski definition) is 1. The number of benzene rings is 1. The largest absolute Gasteiger partial charge is 0.383 e. The molecule has 4 heteroatoms. The molecule has 2 rings (SSSR count). The van der Waals surface area contributed by atoms with E-state index in [-0.39, 0.29) is 0 Å². The maximum Gasteiger partial charge on any atom is 0.0994 e. The van der Waals surface area contributed by atoms with E-state index in [0.717, 1.165) is 45.4 Å². The first-order chi connectivity index (χ1) is 10.4. The van der Waals surface area contributed by atoms with Gasteiger partial charge >= 0.3 is 0 Å². The van der Waals surface area contributed by atoms with E-state index in [1.54, 1.807) is 7.11 Å². The number of nitrogens with one attached hydrogen (secondary N) is 1. The Hall–Kier alpha value is -0.940. The molecule has 0 bridgehead atoms. The summed E-state index contributed by atoms with van der Waals surface area (Å²) in [5, 5.41) is 3.47. The van der Waals surface area contributed by atoms with Crippen LogP contribution in [0.25, 0.3) is 0 Å². The van der Waals surface area contributed by atoms with Crippen molar-refractivity contribution in [3.8, 4) is 0 Å². The molecule has 1 unspecified atom stereocenters. The third-order valence-electron chi connectivity index (χ3n) is 3.90. The van der Waals surface area contributed by atoms with Crippen molar-refractivity contribution in [2.45, 2.75) is 19.4 Å². The Balaban J connectivity index is 1.60. The number of rotatable bonds is 9.